The lowest BCUT2D eigenvalue weighted by atomic mass is 9.99. The molecule has 1 aromatic carbocycles. The number of hydrogen-bond donors (Lipinski definition) is 0. The molecule has 3 atom stereocenters. The first-order chi connectivity index (χ1) is 15.8. The van der Waals surface area contributed by atoms with Crippen molar-refractivity contribution >= 4 is 16.7 Å². The highest BCUT2D eigenvalue weighted by Crippen LogP contribution is 2.32. The summed E-state index contributed by atoms with van der Waals surface area (Å²) in [5, 5.41) is 9.36. The molecule has 3 aromatic rings. The number of methoxy groups -OCH3 is 1. The minimum Gasteiger partial charge on any atom is -0.380 e. The van der Waals surface area contributed by atoms with Crippen LogP contribution in [0.5, 0.6) is 0 Å². The summed E-state index contributed by atoms with van der Waals surface area (Å²) in [6.45, 7) is 8.91. The maximum absolute atomic E-state index is 12.7. The lowest BCUT2D eigenvalue weighted by molar-refractivity contribution is 0.119. The second kappa shape index (κ2) is 9.34. The molecular formula is C26H31N5O2. The van der Waals surface area contributed by atoms with E-state index in [0.717, 1.165) is 24.3 Å². The van der Waals surface area contributed by atoms with Crippen molar-refractivity contribution in [2.75, 3.05) is 25.1 Å². The van der Waals surface area contributed by atoms with Crippen LogP contribution in [0.2, 0.25) is 0 Å². The van der Waals surface area contributed by atoms with Gasteiger partial charge in [0.15, 0.2) is 0 Å². The van der Waals surface area contributed by atoms with Crippen LogP contribution in [0.3, 0.4) is 0 Å². The van der Waals surface area contributed by atoms with Crippen molar-refractivity contribution < 1.29 is 4.74 Å². The minimum absolute atomic E-state index is 0.0733. The van der Waals surface area contributed by atoms with Crippen molar-refractivity contribution in [1.29, 1.82) is 5.26 Å². The number of ether oxygens (including phenoxy) is 1. The van der Waals surface area contributed by atoms with Crippen LogP contribution in [0, 0.1) is 11.3 Å². The Labute approximate surface area is 194 Å². The third-order valence-corrected chi connectivity index (χ3v) is 6.80. The summed E-state index contributed by atoms with van der Waals surface area (Å²) in [6, 6.07) is 16.6. The molecule has 2 aromatic heterocycles. The molecule has 0 aliphatic carbocycles. The maximum atomic E-state index is 12.7. The number of benzene rings is 1. The number of fused-ring (bicyclic) bond motifs is 1. The monoisotopic (exact) mass is 445 g/mol. The molecule has 7 heteroatoms. The third-order valence-electron chi connectivity index (χ3n) is 6.80. The van der Waals surface area contributed by atoms with Crippen LogP contribution in [0.15, 0.2) is 47.3 Å². The quantitative estimate of drug-likeness (QED) is 0.597. The Morgan fingerprint density at radius 2 is 1.88 bits per heavy atom. The lowest BCUT2D eigenvalue weighted by Gasteiger charge is -2.47. The Morgan fingerprint density at radius 1 is 1.15 bits per heavy atom. The fourth-order valence-electron chi connectivity index (χ4n) is 4.87. The lowest BCUT2D eigenvalue weighted by Crippen LogP contribution is -2.57. The van der Waals surface area contributed by atoms with Gasteiger partial charge < -0.3 is 14.2 Å². The Kier molecular flexibility index (Phi) is 6.50. The van der Waals surface area contributed by atoms with E-state index in [1.807, 2.05) is 6.07 Å². The van der Waals surface area contributed by atoms with Crippen molar-refractivity contribution in [3.63, 3.8) is 0 Å². The van der Waals surface area contributed by atoms with Gasteiger partial charge in [0.2, 0.25) is 0 Å². The van der Waals surface area contributed by atoms with E-state index < -0.39 is 0 Å². The maximum Gasteiger partial charge on any atom is 0.252 e. The van der Waals surface area contributed by atoms with E-state index in [4.69, 9.17) is 4.74 Å². The van der Waals surface area contributed by atoms with Crippen LogP contribution >= 0.6 is 0 Å². The van der Waals surface area contributed by atoms with Crippen molar-refractivity contribution in [2.45, 2.75) is 45.5 Å². The van der Waals surface area contributed by atoms with Crippen LogP contribution in [0.25, 0.3) is 11.0 Å². The normalized spacial score (nSPS) is 20.1. The summed E-state index contributed by atoms with van der Waals surface area (Å²) in [5.41, 5.74) is 4.97. The molecule has 1 aliphatic heterocycles. The number of nitrogens with zero attached hydrogens (tertiary/aromatic N) is 5. The Morgan fingerprint density at radius 3 is 2.55 bits per heavy atom. The van der Waals surface area contributed by atoms with Gasteiger partial charge in [-0.25, -0.2) is 4.98 Å². The van der Waals surface area contributed by atoms with Crippen LogP contribution in [0.4, 0.5) is 5.69 Å². The zero-order valence-corrected chi connectivity index (χ0v) is 19.9. The summed E-state index contributed by atoms with van der Waals surface area (Å²) in [5.74, 6) is 0. The number of piperazine rings is 1. The standard InChI is InChI=1S/C26H31N5O2/c1-17-15-31(24-12-25(32)29(4)23-11-10-22(13-27)28-26(23)24)18(2)14-30(17)19(3)21-8-6-20(7-9-21)16-33-5/h6-12,17-19H,14-16H2,1-5H3/t17-,18+,19?/m1/s1. The first kappa shape index (κ1) is 23.0. The van der Waals surface area contributed by atoms with Gasteiger partial charge in [-0.3, -0.25) is 9.69 Å². The van der Waals surface area contributed by atoms with Gasteiger partial charge in [-0.15, -0.1) is 0 Å². The minimum atomic E-state index is -0.0733. The summed E-state index contributed by atoms with van der Waals surface area (Å²) in [4.78, 5) is 22.1. The summed E-state index contributed by atoms with van der Waals surface area (Å²) >= 11 is 0. The number of aryl methyl sites for hydroxylation is 1. The van der Waals surface area contributed by atoms with E-state index in [2.05, 4.69) is 65.9 Å². The molecule has 1 aliphatic rings. The van der Waals surface area contributed by atoms with Gasteiger partial charge in [0.25, 0.3) is 5.56 Å². The number of nitriles is 1. The van der Waals surface area contributed by atoms with Crippen molar-refractivity contribution in [3.05, 3.63) is 69.6 Å². The Balaban J connectivity index is 1.63. The molecule has 1 saturated heterocycles. The number of hydrogen-bond acceptors (Lipinski definition) is 6. The molecular weight excluding hydrogens is 414 g/mol. The summed E-state index contributed by atoms with van der Waals surface area (Å²) < 4.78 is 6.82. The van der Waals surface area contributed by atoms with Crippen molar-refractivity contribution in [2.24, 2.45) is 7.05 Å². The highest BCUT2D eigenvalue weighted by atomic mass is 16.5. The van der Waals surface area contributed by atoms with Gasteiger partial charge in [0.1, 0.15) is 17.3 Å². The van der Waals surface area contributed by atoms with Crippen LogP contribution in [-0.4, -0.2) is 46.7 Å². The molecule has 33 heavy (non-hydrogen) atoms. The zero-order chi connectivity index (χ0) is 23.7. The fraction of sp³-hybridized carbons (Fsp3) is 0.423. The summed E-state index contributed by atoms with van der Waals surface area (Å²) in [6.07, 6.45) is 0. The van der Waals surface area contributed by atoms with E-state index in [1.165, 1.54) is 11.1 Å². The van der Waals surface area contributed by atoms with E-state index in [-0.39, 0.29) is 23.7 Å². The summed E-state index contributed by atoms with van der Waals surface area (Å²) in [7, 11) is 3.45. The predicted molar refractivity (Wildman–Crippen MR) is 130 cm³/mol. The molecule has 1 fully saturated rings. The molecule has 0 bridgehead atoms. The topological polar surface area (TPSA) is 74.4 Å². The number of pyridine rings is 2. The van der Waals surface area contributed by atoms with Gasteiger partial charge in [0.05, 0.1) is 17.8 Å². The number of aromatic nitrogens is 2. The molecule has 172 valence electrons. The number of anilines is 1. The van der Waals surface area contributed by atoms with E-state index in [1.54, 1.807) is 30.9 Å². The zero-order valence-electron chi connectivity index (χ0n) is 19.9. The molecule has 1 unspecified atom stereocenters. The Bertz CT molecular complexity index is 1240. The van der Waals surface area contributed by atoms with Gasteiger partial charge in [-0.2, -0.15) is 5.26 Å². The van der Waals surface area contributed by atoms with E-state index >= 15 is 0 Å². The Hall–Kier alpha value is -3.21. The first-order valence-electron chi connectivity index (χ1n) is 11.3. The first-order valence-corrected chi connectivity index (χ1v) is 11.3. The van der Waals surface area contributed by atoms with Crippen LogP contribution in [0.1, 0.15) is 43.6 Å². The highest BCUT2D eigenvalue weighted by Gasteiger charge is 2.33. The SMILES string of the molecule is COCc1ccc(C(C)N2C[C@H](C)N(c3cc(=O)n(C)c4ccc(C#N)nc34)C[C@H]2C)cc1. The van der Waals surface area contributed by atoms with Crippen LogP contribution < -0.4 is 10.5 Å². The average molecular weight is 446 g/mol. The molecule has 7 nitrogen and oxygen atoms in total. The molecule has 0 radical (unpaired) electrons. The third kappa shape index (κ3) is 4.37. The van der Waals surface area contributed by atoms with E-state index in [9.17, 15) is 10.1 Å². The fourth-order valence-corrected chi connectivity index (χ4v) is 4.87. The molecule has 0 amide bonds. The molecule has 0 saturated carbocycles. The molecule has 0 N–H and O–H groups in total. The molecule has 4 rings (SSSR count). The largest absolute Gasteiger partial charge is 0.380 e. The molecule has 0 spiro atoms. The second-order valence-electron chi connectivity index (χ2n) is 9.00. The van der Waals surface area contributed by atoms with Crippen molar-refractivity contribution in [3.8, 4) is 6.07 Å². The van der Waals surface area contributed by atoms with Gasteiger partial charge in [-0.1, -0.05) is 24.3 Å². The van der Waals surface area contributed by atoms with E-state index in [0.29, 0.717) is 17.8 Å². The second-order valence-corrected chi connectivity index (χ2v) is 9.00. The van der Waals surface area contributed by atoms with Gasteiger partial charge >= 0.3 is 0 Å². The number of rotatable bonds is 5. The average Bonchev–Trinajstić information content (AvgIpc) is 2.82. The molecule has 3 heterocycles. The predicted octanol–water partition coefficient (Wildman–Crippen LogP) is 3.61. The van der Waals surface area contributed by atoms with Gasteiger partial charge in [0, 0.05) is 51.4 Å². The van der Waals surface area contributed by atoms with Crippen molar-refractivity contribution in [1.82, 2.24) is 14.5 Å². The van der Waals surface area contributed by atoms with Crippen LogP contribution in [-0.2, 0) is 18.4 Å². The highest BCUT2D eigenvalue weighted by molar-refractivity contribution is 5.89. The van der Waals surface area contributed by atoms with Gasteiger partial charge in [-0.05, 0) is 44.0 Å². The smallest absolute Gasteiger partial charge is 0.252 e.